The highest BCUT2D eigenvalue weighted by molar-refractivity contribution is 5.94. The van der Waals surface area contributed by atoms with Crippen molar-refractivity contribution in [3.63, 3.8) is 0 Å². The van der Waals surface area contributed by atoms with E-state index >= 15 is 0 Å². The number of rotatable bonds is 3. The Labute approximate surface area is 154 Å². The van der Waals surface area contributed by atoms with Crippen LogP contribution in [0.2, 0.25) is 0 Å². The minimum atomic E-state index is -0.188. The number of aryl methyl sites for hydroxylation is 1. The molecule has 1 aromatic carbocycles. The summed E-state index contributed by atoms with van der Waals surface area (Å²) in [5.41, 5.74) is 0.711. The van der Waals surface area contributed by atoms with Crippen molar-refractivity contribution >= 4 is 5.91 Å². The first kappa shape index (κ1) is 17.2. The molecule has 1 aliphatic carbocycles. The molecule has 0 radical (unpaired) electrons. The van der Waals surface area contributed by atoms with E-state index in [9.17, 15) is 4.79 Å². The standard InChI is InChI=1S/C20H26N4O2/c1-15-21-19(26-22-15)18-14-23(17-10-5-6-11-17)12-7-13-24(18)20(25)16-8-3-2-4-9-16/h2-4,8-9,17-18H,5-7,10-14H2,1H3. The van der Waals surface area contributed by atoms with Gasteiger partial charge in [-0.2, -0.15) is 4.98 Å². The Hall–Kier alpha value is -2.21. The maximum atomic E-state index is 13.2. The molecule has 1 saturated carbocycles. The van der Waals surface area contributed by atoms with Gasteiger partial charge in [-0.25, -0.2) is 0 Å². The molecule has 1 aromatic heterocycles. The molecule has 0 bridgehead atoms. The molecule has 1 saturated heterocycles. The fourth-order valence-electron chi connectivity index (χ4n) is 4.26. The van der Waals surface area contributed by atoms with Crippen molar-refractivity contribution < 1.29 is 9.32 Å². The quantitative estimate of drug-likeness (QED) is 0.847. The summed E-state index contributed by atoms with van der Waals surface area (Å²) >= 11 is 0. The van der Waals surface area contributed by atoms with Crippen LogP contribution < -0.4 is 0 Å². The van der Waals surface area contributed by atoms with E-state index < -0.39 is 0 Å². The highest BCUT2D eigenvalue weighted by atomic mass is 16.5. The molecule has 2 aliphatic rings. The molecule has 6 nitrogen and oxygen atoms in total. The third-order valence-corrected chi connectivity index (χ3v) is 5.58. The molecule has 2 heterocycles. The Morgan fingerprint density at radius 2 is 1.88 bits per heavy atom. The molecule has 2 aromatic rings. The predicted molar refractivity (Wildman–Crippen MR) is 97.7 cm³/mol. The van der Waals surface area contributed by atoms with Crippen LogP contribution in [0.15, 0.2) is 34.9 Å². The van der Waals surface area contributed by atoms with Gasteiger partial charge in [0.1, 0.15) is 6.04 Å². The zero-order valence-corrected chi connectivity index (χ0v) is 15.3. The molecule has 1 amide bonds. The van der Waals surface area contributed by atoms with E-state index in [4.69, 9.17) is 4.52 Å². The van der Waals surface area contributed by atoms with E-state index in [-0.39, 0.29) is 11.9 Å². The summed E-state index contributed by atoms with van der Waals surface area (Å²) in [6.07, 6.45) is 6.08. The smallest absolute Gasteiger partial charge is 0.254 e. The number of hydrogen-bond donors (Lipinski definition) is 0. The Kier molecular flexibility index (Phi) is 5.02. The molecular weight excluding hydrogens is 328 g/mol. The van der Waals surface area contributed by atoms with E-state index in [0.717, 1.165) is 19.5 Å². The van der Waals surface area contributed by atoms with Gasteiger partial charge in [0, 0.05) is 31.2 Å². The first-order valence-electron chi connectivity index (χ1n) is 9.62. The lowest BCUT2D eigenvalue weighted by Gasteiger charge is -2.32. The van der Waals surface area contributed by atoms with Gasteiger partial charge < -0.3 is 9.42 Å². The second kappa shape index (κ2) is 7.58. The minimum Gasteiger partial charge on any atom is -0.337 e. The van der Waals surface area contributed by atoms with E-state index in [1.165, 1.54) is 25.7 Å². The number of carbonyl (C=O) groups excluding carboxylic acids is 1. The van der Waals surface area contributed by atoms with Crippen molar-refractivity contribution in [1.29, 1.82) is 0 Å². The lowest BCUT2D eigenvalue weighted by Crippen LogP contribution is -2.41. The molecular formula is C20H26N4O2. The molecule has 0 N–H and O–H groups in total. The third-order valence-electron chi connectivity index (χ3n) is 5.58. The van der Waals surface area contributed by atoms with Gasteiger partial charge in [0.05, 0.1) is 0 Å². The van der Waals surface area contributed by atoms with E-state index in [0.29, 0.717) is 29.9 Å². The monoisotopic (exact) mass is 354 g/mol. The van der Waals surface area contributed by atoms with Gasteiger partial charge in [-0.1, -0.05) is 36.2 Å². The van der Waals surface area contributed by atoms with Gasteiger partial charge >= 0.3 is 0 Å². The van der Waals surface area contributed by atoms with Crippen LogP contribution >= 0.6 is 0 Å². The molecule has 1 aliphatic heterocycles. The molecule has 138 valence electrons. The van der Waals surface area contributed by atoms with Crippen LogP contribution in [0, 0.1) is 6.92 Å². The fraction of sp³-hybridized carbons (Fsp3) is 0.550. The van der Waals surface area contributed by atoms with Gasteiger partial charge in [-0.05, 0) is 38.3 Å². The van der Waals surface area contributed by atoms with Gasteiger partial charge in [0.2, 0.25) is 0 Å². The van der Waals surface area contributed by atoms with Crippen LogP contribution in [-0.2, 0) is 0 Å². The molecule has 1 atom stereocenters. The summed E-state index contributed by atoms with van der Waals surface area (Å²) < 4.78 is 5.50. The van der Waals surface area contributed by atoms with Crippen molar-refractivity contribution in [2.45, 2.75) is 51.1 Å². The van der Waals surface area contributed by atoms with E-state index in [1.807, 2.05) is 42.2 Å². The van der Waals surface area contributed by atoms with Crippen LogP contribution in [-0.4, -0.2) is 51.5 Å². The van der Waals surface area contributed by atoms with E-state index in [2.05, 4.69) is 15.0 Å². The average molecular weight is 354 g/mol. The van der Waals surface area contributed by atoms with Crippen molar-refractivity contribution in [1.82, 2.24) is 19.9 Å². The second-order valence-electron chi connectivity index (χ2n) is 7.35. The number of aromatic nitrogens is 2. The lowest BCUT2D eigenvalue weighted by atomic mass is 10.1. The predicted octanol–water partition coefficient (Wildman–Crippen LogP) is 3.21. The average Bonchev–Trinajstić information content (AvgIpc) is 3.30. The van der Waals surface area contributed by atoms with Crippen LogP contribution in [0.4, 0.5) is 0 Å². The Bertz CT molecular complexity index is 739. The Balaban J connectivity index is 1.63. The van der Waals surface area contributed by atoms with Gasteiger partial charge in [-0.3, -0.25) is 9.69 Å². The summed E-state index contributed by atoms with van der Waals surface area (Å²) in [6, 6.07) is 9.92. The Morgan fingerprint density at radius 3 is 2.58 bits per heavy atom. The van der Waals surface area contributed by atoms with Crippen LogP contribution in [0.25, 0.3) is 0 Å². The molecule has 2 fully saturated rings. The number of benzene rings is 1. The SMILES string of the molecule is Cc1noc(C2CN(C3CCCC3)CCCN2C(=O)c2ccccc2)n1. The molecule has 4 rings (SSSR count). The van der Waals surface area contributed by atoms with Gasteiger partial charge in [0.25, 0.3) is 11.8 Å². The van der Waals surface area contributed by atoms with Gasteiger partial charge in [-0.15, -0.1) is 0 Å². The number of hydrogen-bond acceptors (Lipinski definition) is 5. The summed E-state index contributed by atoms with van der Waals surface area (Å²) in [5.74, 6) is 1.21. The summed E-state index contributed by atoms with van der Waals surface area (Å²) in [4.78, 5) is 22.1. The lowest BCUT2D eigenvalue weighted by molar-refractivity contribution is 0.0618. The summed E-state index contributed by atoms with van der Waals surface area (Å²) in [7, 11) is 0. The minimum absolute atomic E-state index is 0.0414. The molecule has 1 unspecified atom stereocenters. The highest BCUT2D eigenvalue weighted by Crippen LogP contribution is 2.31. The molecule has 0 spiro atoms. The Morgan fingerprint density at radius 1 is 1.12 bits per heavy atom. The zero-order chi connectivity index (χ0) is 17.9. The topological polar surface area (TPSA) is 62.5 Å². The van der Waals surface area contributed by atoms with Crippen molar-refractivity contribution in [3.8, 4) is 0 Å². The van der Waals surface area contributed by atoms with Crippen LogP contribution in [0.3, 0.4) is 0 Å². The first-order valence-corrected chi connectivity index (χ1v) is 9.62. The molecule has 26 heavy (non-hydrogen) atoms. The van der Waals surface area contributed by atoms with Crippen LogP contribution in [0.1, 0.15) is 60.2 Å². The number of nitrogens with zero attached hydrogens (tertiary/aromatic N) is 4. The van der Waals surface area contributed by atoms with Crippen LogP contribution in [0.5, 0.6) is 0 Å². The van der Waals surface area contributed by atoms with E-state index in [1.54, 1.807) is 0 Å². The highest BCUT2D eigenvalue weighted by Gasteiger charge is 2.36. The van der Waals surface area contributed by atoms with Crippen molar-refractivity contribution in [3.05, 3.63) is 47.6 Å². The zero-order valence-electron chi connectivity index (χ0n) is 15.3. The summed E-state index contributed by atoms with van der Waals surface area (Å²) in [5, 5.41) is 3.97. The molecule has 6 heteroatoms. The largest absolute Gasteiger partial charge is 0.337 e. The van der Waals surface area contributed by atoms with Gasteiger partial charge in [0.15, 0.2) is 5.82 Å². The third kappa shape index (κ3) is 3.51. The van der Waals surface area contributed by atoms with Crippen molar-refractivity contribution in [2.75, 3.05) is 19.6 Å². The maximum absolute atomic E-state index is 13.2. The fourth-order valence-corrected chi connectivity index (χ4v) is 4.26. The van der Waals surface area contributed by atoms with Crippen molar-refractivity contribution in [2.24, 2.45) is 0 Å². The number of amides is 1. The summed E-state index contributed by atoms with van der Waals surface area (Å²) in [6.45, 7) is 4.32. The second-order valence-corrected chi connectivity index (χ2v) is 7.35. The first-order chi connectivity index (χ1) is 12.7. The maximum Gasteiger partial charge on any atom is 0.254 e. The number of carbonyl (C=O) groups is 1. The normalized spacial score (nSPS) is 22.5.